The molecule has 0 spiro atoms. The average molecular weight is 559 g/mol. The number of benzene rings is 8. The maximum absolute atomic E-state index is 2.47. The van der Waals surface area contributed by atoms with Crippen molar-refractivity contribution in [1.82, 2.24) is 0 Å². The molecular formula is C44H30. The third kappa shape index (κ3) is 3.71. The summed E-state index contributed by atoms with van der Waals surface area (Å²) >= 11 is 0. The molecule has 1 aliphatic carbocycles. The summed E-state index contributed by atoms with van der Waals surface area (Å²) in [5.41, 5.74) is 15.5. The second-order valence-corrected chi connectivity index (χ2v) is 12.2. The summed E-state index contributed by atoms with van der Waals surface area (Å²) in [6.45, 7) is 4.45. The smallest absolute Gasteiger partial charge is 0.00172 e. The Labute approximate surface area is 257 Å². The maximum Gasteiger partial charge on any atom is -0.00172 e. The van der Waals surface area contributed by atoms with Gasteiger partial charge in [0.25, 0.3) is 0 Å². The molecule has 0 saturated carbocycles. The molecular weight excluding hydrogens is 528 g/mol. The minimum atomic E-state index is 1.23. The second-order valence-electron chi connectivity index (χ2n) is 12.2. The third-order valence-corrected chi connectivity index (χ3v) is 9.54. The van der Waals surface area contributed by atoms with E-state index in [4.69, 9.17) is 0 Å². The zero-order valence-electron chi connectivity index (χ0n) is 24.9. The minimum absolute atomic E-state index is 1.23. The Morgan fingerprint density at radius 3 is 1.59 bits per heavy atom. The molecule has 0 atom stereocenters. The fourth-order valence-corrected chi connectivity index (χ4v) is 7.48. The van der Waals surface area contributed by atoms with Gasteiger partial charge in [-0.25, -0.2) is 0 Å². The lowest BCUT2D eigenvalue weighted by Crippen LogP contribution is -1.91. The van der Waals surface area contributed by atoms with Crippen molar-refractivity contribution >= 4 is 32.3 Å². The van der Waals surface area contributed by atoms with Gasteiger partial charge in [-0.2, -0.15) is 0 Å². The molecule has 0 unspecified atom stereocenters. The number of fused-ring (bicyclic) bond motifs is 7. The summed E-state index contributed by atoms with van der Waals surface area (Å²) in [6.07, 6.45) is 0. The minimum Gasteiger partial charge on any atom is -0.0622 e. The normalized spacial score (nSPS) is 11.9. The summed E-state index contributed by atoms with van der Waals surface area (Å²) in [4.78, 5) is 0. The summed E-state index contributed by atoms with van der Waals surface area (Å²) in [5, 5.41) is 7.96. The van der Waals surface area contributed by atoms with Crippen LogP contribution in [0.2, 0.25) is 0 Å². The van der Waals surface area contributed by atoms with Crippen molar-refractivity contribution in [2.45, 2.75) is 13.8 Å². The van der Waals surface area contributed by atoms with Crippen LogP contribution in [-0.2, 0) is 0 Å². The summed E-state index contributed by atoms with van der Waals surface area (Å²) in [7, 11) is 0. The van der Waals surface area contributed by atoms with Gasteiger partial charge in [0.05, 0.1) is 0 Å². The first-order chi connectivity index (χ1) is 21.6. The first-order valence-electron chi connectivity index (χ1n) is 15.4. The van der Waals surface area contributed by atoms with E-state index in [9.17, 15) is 0 Å². The fourth-order valence-electron chi connectivity index (χ4n) is 7.48. The molecule has 206 valence electrons. The highest BCUT2D eigenvalue weighted by Gasteiger charge is 2.25. The van der Waals surface area contributed by atoms with Crippen molar-refractivity contribution in [3.8, 4) is 55.6 Å². The van der Waals surface area contributed by atoms with E-state index in [-0.39, 0.29) is 0 Å². The molecule has 0 amide bonds. The topological polar surface area (TPSA) is 0 Å². The lowest BCUT2D eigenvalue weighted by Gasteiger charge is -2.17. The highest BCUT2D eigenvalue weighted by molar-refractivity contribution is 6.29. The van der Waals surface area contributed by atoms with Crippen molar-refractivity contribution in [3.05, 3.63) is 157 Å². The van der Waals surface area contributed by atoms with E-state index < -0.39 is 0 Å². The Morgan fingerprint density at radius 1 is 0.318 bits per heavy atom. The lowest BCUT2D eigenvalue weighted by atomic mass is 9.86. The Morgan fingerprint density at radius 2 is 0.886 bits per heavy atom. The summed E-state index contributed by atoms with van der Waals surface area (Å²) < 4.78 is 0. The van der Waals surface area contributed by atoms with E-state index in [0.717, 1.165) is 0 Å². The molecule has 0 fully saturated rings. The van der Waals surface area contributed by atoms with E-state index >= 15 is 0 Å². The van der Waals surface area contributed by atoms with Crippen LogP contribution in [0.1, 0.15) is 11.1 Å². The van der Waals surface area contributed by atoms with Crippen LogP contribution in [-0.4, -0.2) is 0 Å². The number of hydrogen-bond donors (Lipinski definition) is 0. The molecule has 8 aromatic carbocycles. The Hall–Kier alpha value is -5.46. The van der Waals surface area contributed by atoms with E-state index in [1.807, 2.05) is 0 Å². The van der Waals surface area contributed by atoms with Gasteiger partial charge in [-0.05, 0) is 138 Å². The van der Waals surface area contributed by atoms with Crippen molar-refractivity contribution in [3.63, 3.8) is 0 Å². The summed E-state index contributed by atoms with van der Waals surface area (Å²) in [5.74, 6) is 0. The van der Waals surface area contributed by atoms with Crippen LogP contribution >= 0.6 is 0 Å². The Kier molecular flexibility index (Phi) is 5.43. The molecule has 0 heteroatoms. The molecule has 0 bridgehead atoms. The molecule has 9 rings (SSSR count). The lowest BCUT2D eigenvalue weighted by molar-refractivity contribution is 1.50. The molecule has 1 aliphatic rings. The highest BCUT2D eigenvalue weighted by atomic mass is 14.3. The van der Waals surface area contributed by atoms with Crippen LogP contribution in [0, 0.1) is 13.8 Å². The van der Waals surface area contributed by atoms with E-state index in [1.165, 1.54) is 99.1 Å². The van der Waals surface area contributed by atoms with Gasteiger partial charge in [-0.3, -0.25) is 0 Å². The standard InChI is InChI=1S/C44H30/c1-27-17-19-35-39(21-27)38(33-23-31(29-11-5-3-6-12-29)22-32(24-33)30-13-7-4-8-14-30)25-41-37-20-18-28(2)43-36-16-10-9-15-34(36)42(44(37)43)26-40(35)41/h3-26H,1-2H3. The molecule has 0 heterocycles. The van der Waals surface area contributed by atoms with Crippen LogP contribution < -0.4 is 0 Å². The monoisotopic (exact) mass is 558 g/mol. The second kappa shape index (κ2) is 9.53. The zero-order valence-corrected chi connectivity index (χ0v) is 24.9. The van der Waals surface area contributed by atoms with Gasteiger partial charge in [0.15, 0.2) is 0 Å². The van der Waals surface area contributed by atoms with Crippen molar-refractivity contribution in [1.29, 1.82) is 0 Å². The van der Waals surface area contributed by atoms with Crippen LogP contribution in [0.3, 0.4) is 0 Å². The maximum atomic E-state index is 2.47. The molecule has 8 aromatic rings. The number of hydrogen-bond acceptors (Lipinski definition) is 0. The molecule has 44 heavy (non-hydrogen) atoms. The van der Waals surface area contributed by atoms with Crippen molar-refractivity contribution in [2.24, 2.45) is 0 Å². The van der Waals surface area contributed by atoms with Crippen LogP contribution in [0.15, 0.2) is 146 Å². The van der Waals surface area contributed by atoms with Gasteiger partial charge >= 0.3 is 0 Å². The van der Waals surface area contributed by atoms with Crippen LogP contribution in [0.5, 0.6) is 0 Å². The van der Waals surface area contributed by atoms with Gasteiger partial charge in [0, 0.05) is 0 Å². The van der Waals surface area contributed by atoms with E-state index in [0.29, 0.717) is 0 Å². The van der Waals surface area contributed by atoms with Crippen LogP contribution in [0.4, 0.5) is 0 Å². The zero-order chi connectivity index (χ0) is 29.4. The number of aryl methyl sites for hydroxylation is 2. The quantitative estimate of drug-likeness (QED) is 0.189. The fraction of sp³-hybridized carbons (Fsp3) is 0.0455. The largest absolute Gasteiger partial charge is 0.0622 e. The SMILES string of the molecule is Cc1ccc2c(c1)c(-c1cc(-c3ccccc3)cc(-c3ccccc3)c1)cc1c3ccc(C)c4c3c(cc21)-c1ccccc1-4. The molecule has 0 nitrogen and oxygen atoms in total. The molecule has 0 N–H and O–H groups in total. The first-order valence-corrected chi connectivity index (χ1v) is 15.4. The number of rotatable bonds is 3. The van der Waals surface area contributed by atoms with Crippen LogP contribution in [0.25, 0.3) is 88.0 Å². The predicted octanol–water partition coefficient (Wildman–Crippen LogP) is 12.4. The van der Waals surface area contributed by atoms with Gasteiger partial charge in [-0.1, -0.05) is 121 Å². The summed E-state index contributed by atoms with van der Waals surface area (Å²) in [6, 6.07) is 54.1. The van der Waals surface area contributed by atoms with Gasteiger partial charge in [-0.15, -0.1) is 0 Å². The molecule has 0 aliphatic heterocycles. The Balaban J connectivity index is 1.41. The van der Waals surface area contributed by atoms with Gasteiger partial charge < -0.3 is 0 Å². The van der Waals surface area contributed by atoms with Gasteiger partial charge in [0.2, 0.25) is 0 Å². The third-order valence-electron chi connectivity index (χ3n) is 9.54. The Bertz CT molecular complexity index is 2370. The highest BCUT2D eigenvalue weighted by Crippen LogP contribution is 2.52. The molecule has 0 aromatic heterocycles. The first kappa shape index (κ1) is 25.1. The molecule has 0 saturated heterocycles. The van der Waals surface area contributed by atoms with E-state index in [1.54, 1.807) is 0 Å². The average Bonchev–Trinajstić information content (AvgIpc) is 3.41. The van der Waals surface area contributed by atoms with Crippen molar-refractivity contribution in [2.75, 3.05) is 0 Å². The van der Waals surface area contributed by atoms with Crippen molar-refractivity contribution < 1.29 is 0 Å². The predicted molar refractivity (Wildman–Crippen MR) is 189 cm³/mol. The van der Waals surface area contributed by atoms with E-state index in [2.05, 4.69) is 159 Å². The molecule has 0 radical (unpaired) electrons. The van der Waals surface area contributed by atoms with Gasteiger partial charge in [0.1, 0.15) is 0 Å².